The molecule has 5 heteroatoms. The van der Waals surface area contributed by atoms with Gasteiger partial charge in [0, 0.05) is 13.1 Å². The molecule has 0 aliphatic carbocycles. The highest BCUT2D eigenvalue weighted by molar-refractivity contribution is 5.32. The van der Waals surface area contributed by atoms with Gasteiger partial charge in [0.15, 0.2) is 0 Å². The lowest BCUT2D eigenvalue weighted by atomic mass is 10.1. The first-order chi connectivity index (χ1) is 8.88. The van der Waals surface area contributed by atoms with E-state index in [9.17, 15) is 0 Å². The van der Waals surface area contributed by atoms with E-state index in [0.717, 1.165) is 18.9 Å². The summed E-state index contributed by atoms with van der Waals surface area (Å²) in [6.07, 6.45) is 7.37. The van der Waals surface area contributed by atoms with E-state index < -0.39 is 0 Å². The average Bonchev–Trinajstić information content (AvgIpc) is 2.41. The normalized spacial score (nSPS) is 16.5. The van der Waals surface area contributed by atoms with Gasteiger partial charge >= 0.3 is 0 Å². The SMILES string of the molecule is CCNc1cncc(OCCN2CCCCC2)n1. The summed E-state index contributed by atoms with van der Waals surface area (Å²) >= 11 is 0. The van der Waals surface area contributed by atoms with Crippen molar-refractivity contribution in [3.8, 4) is 5.88 Å². The predicted molar refractivity (Wildman–Crippen MR) is 72.0 cm³/mol. The maximum Gasteiger partial charge on any atom is 0.234 e. The molecule has 0 spiro atoms. The Morgan fingerprint density at radius 3 is 2.89 bits per heavy atom. The van der Waals surface area contributed by atoms with Gasteiger partial charge in [-0.05, 0) is 32.9 Å². The third-order valence-electron chi connectivity index (χ3n) is 3.08. The maximum atomic E-state index is 5.64. The topological polar surface area (TPSA) is 50.3 Å². The number of piperidine rings is 1. The van der Waals surface area contributed by atoms with Crippen molar-refractivity contribution < 1.29 is 4.74 Å². The van der Waals surface area contributed by atoms with Gasteiger partial charge in [0.05, 0.1) is 12.4 Å². The largest absolute Gasteiger partial charge is 0.475 e. The van der Waals surface area contributed by atoms with Crippen LogP contribution in [-0.2, 0) is 0 Å². The minimum Gasteiger partial charge on any atom is -0.475 e. The predicted octanol–water partition coefficient (Wildman–Crippen LogP) is 1.77. The van der Waals surface area contributed by atoms with Crippen LogP contribution in [-0.4, -0.2) is 47.7 Å². The Hall–Kier alpha value is -1.36. The Balaban J connectivity index is 1.73. The van der Waals surface area contributed by atoms with Crippen molar-refractivity contribution in [1.82, 2.24) is 14.9 Å². The van der Waals surface area contributed by atoms with Gasteiger partial charge in [-0.3, -0.25) is 9.88 Å². The van der Waals surface area contributed by atoms with Crippen molar-refractivity contribution in [2.45, 2.75) is 26.2 Å². The lowest BCUT2D eigenvalue weighted by Gasteiger charge is -2.25. The molecule has 0 amide bonds. The maximum absolute atomic E-state index is 5.64. The van der Waals surface area contributed by atoms with Crippen LogP contribution in [0.2, 0.25) is 0 Å². The monoisotopic (exact) mass is 250 g/mol. The Morgan fingerprint density at radius 1 is 1.28 bits per heavy atom. The van der Waals surface area contributed by atoms with Gasteiger partial charge in [0.2, 0.25) is 5.88 Å². The molecule has 1 aromatic heterocycles. The summed E-state index contributed by atoms with van der Waals surface area (Å²) in [5.74, 6) is 1.37. The Kier molecular flexibility index (Phi) is 5.20. The smallest absolute Gasteiger partial charge is 0.234 e. The molecule has 0 atom stereocenters. The van der Waals surface area contributed by atoms with Crippen LogP contribution in [0, 0.1) is 0 Å². The first-order valence-electron chi connectivity index (χ1n) is 6.79. The molecule has 1 aliphatic rings. The standard InChI is InChI=1S/C13H22N4O/c1-2-15-12-10-14-11-13(16-12)18-9-8-17-6-4-3-5-7-17/h10-11H,2-9H2,1H3,(H,15,16). The van der Waals surface area contributed by atoms with Gasteiger partial charge in [0.25, 0.3) is 0 Å². The van der Waals surface area contributed by atoms with E-state index in [1.54, 1.807) is 12.4 Å². The Morgan fingerprint density at radius 2 is 2.11 bits per heavy atom. The number of anilines is 1. The number of hydrogen-bond acceptors (Lipinski definition) is 5. The van der Waals surface area contributed by atoms with Crippen molar-refractivity contribution in [2.24, 2.45) is 0 Å². The van der Waals surface area contributed by atoms with Crippen molar-refractivity contribution >= 4 is 5.82 Å². The first kappa shape index (κ1) is 13.1. The summed E-state index contributed by atoms with van der Waals surface area (Å²) < 4.78 is 5.64. The van der Waals surface area contributed by atoms with Crippen LogP contribution in [0.5, 0.6) is 5.88 Å². The molecule has 5 nitrogen and oxygen atoms in total. The zero-order valence-corrected chi connectivity index (χ0v) is 11.1. The minimum absolute atomic E-state index is 0.602. The summed E-state index contributed by atoms with van der Waals surface area (Å²) in [6.45, 7) is 6.94. The molecule has 1 fully saturated rings. The van der Waals surface area contributed by atoms with Crippen LogP contribution in [0.15, 0.2) is 12.4 Å². The quantitative estimate of drug-likeness (QED) is 0.834. The van der Waals surface area contributed by atoms with Gasteiger partial charge in [-0.25, -0.2) is 0 Å². The lowest BCUT2D eigenvalue weighted by molar-refractivity contribution is 0.180. The molecule has 0 radical (unpaired) electrons. The molecule has 1 saturated heterocycles. The summed E-state index contributed by atoms with van der Waals surface area (Å²) in [5, 5.41) is 3.12. The second kappa shape index (κ2) is 7.16. The second-order valence-corrected chi connectivity index (χ2v) is 4.52. The van der Waals surface area contributed by atoms with Gasteiger partial charge in [-0.2, -0.15) is 4.98 Å². The highest BCUT2D eigenvalue weighted by atomic mass is 16.5. The van der Waals surface area contributed by atoms with E-state index in [4.69, 9.17) is 4.74 Å². The Labute approximate surface area is 109 Å². The third kappa shape index (κ3) is 4.14. The van der Waals surface area contributed by atoms with Crippen molar-refractivity contribution in [3.05, 3.63) is 12.4 Å². The van der Waals surface area contributed by atoms with E-state index in [1.165, 1.54) is 32.4 Å². The summed E-state index contributed by atoms with van der Waals surface area (Å²) in [4.78, 5) is 10.9. The molecule has 1 aliphatic heterocycles. The minimum atomic E-state index is 0.602. The van der Waals surface area contributed by atoms with Gasteiger partial charge in [-0.1, -0.05) is 6.42 Å². The van der Waals surface area contributed by atoms with Gasteiger partial charge in [-0.15, -0.1) is 0 Å². The number of ether oxygens (including phenoxy) is 1. The molecule has 0 unspecified atom stereocenters. The Bertz CT molecular complexity index is 353. The second-order valence-electron chi connectivity index (χ2n) is 4.52. The molecule has 2 heterocycles. The number of aromatic nitrogens is 2. The van der Waals surface area contributed by atoms with Crippen LogP contribution >= 0.6 is 0 Å². The van der Waals surface area contributed by atoms with Gasteiger partial charge in [0.1, 0.15) is 12.4 Å². The van der Waals surface area contributed by atoms with Crippen LogP contribution in [0.4, 0.5) is 5.82 Å². The third-order valence-corrected chi connectivity index (χ3v) is 3.08. The fraction of sp³-hybridized carbons (Fsp3) is 0.692. The van der Waals surface area contributed by atoms with Gasteiger partial charge < -0.3 is 10.1 Å². The fourth-order valence-corrected chi connectivity index (χ4v) is 2.15. The highest BCUT2D eigenvalue weighted by Gasteiger charge is 2.09. The van der Waals surface area contributed by atoms with Crippen LogP contribution in [0.1, 0.15) is 26.2 Å². The molecule has 2 rings (SSSR count). The van der Waals surface area contributed by atoms with E-state index in [1.807, 2.05) is 6.92 Å². The zero-order valence-electron chi connectivity index (χ0n) is 11.1. The summed E-state index contributed by atoms with van der Waals surface area (Å²) in [6, 6.07) is 0. The molecular formula is C13H22N4O. The number of likely N-dealkylation sites (tertiary alicyclic amines) is 1. The molecule has 100 valence electrons. The number of nitrogens with zero attached hydrogens (tertiary/aromatic N) is 3. The zero-order chi connectivity index (χ0) is 12.6. The van der Waals surface area contributed by atoms with E-state index >= 15 is 0 Å². The molecular weight excluding hydrogens is 228 g/mol. The van der Waals surface area contributed by atoms with Crippen molar-refractivity contribution in [1.29, 1.82) is 0 Å². The molecule has 0 saturated carbocycles. The van der Waals surface area contributed by atoms with Crippen LogP contribution in [0.3, 0.4) is 0 Å². The molecule has 0 bridgehead atoms. The summed E-state index contributed by atoms with van der Waals surface area (Å²) in [5.41, 5.74) is 0. The van der Waals surface area contributed by atoms with Crippen molar-refractivity contribution in [3.63, 3.8) is 0 Å². The van der Waals surface area contributed by atoms with E-state index in [0.29, 0.717) is 12.5 Å². The fourth-order valence-electron chi connectivity index (χ4n) is 2.15. The van der Waals surface area contributed by atoms with Crippen LogP contribution < -0.4 is 10.1 Å². The summed E-state index contributed by atoms with van der Waals surface area (Å²) in [7, 11) is 0. The van der Waals surface area contributed by atoms with Crippen LogP contribution in [0.25, 0.3) is 0 Å². The first-order valence-corrected chi connectivity index (χ1v) is 6.79. The number of rotatable bonds is 6. The molecule has 1 aromatic rings. The average molecular weight is 250 g/mol. The number of nitrogens with one attached hydrogen (secondary N) is 1. The van der Waals surface area contributed by atoms with E-state index in [2.05, 4.69) is 20.2 Å². The molecule has 18 heavy (non-hydrogen) atoms. The molecule has 1 N–H and O–H groups in total. The molecule has 0 aromatic carbocycles. The van der Waals surface area contributed by atoms with Crippen molar-refractivity contribution in [2.75, 3.05) is 38.1 Å². The lowest BCUT2D eigenvalue weighted by Crippen LogP contribution is -2.33. The van der Waals surface area contributed by atoms with E-state index in [-0.39, 0.29) is 0 Å². The highest BCUT2D eigenvalue weighted by Crippen LogP contribution is 2.10. The number of hydrogen-bond donors (Lipinski definition) is 1.